The molecule has 0 spiro atoms. The van der Waals surface area contributed by atoms with Crippen molar-refractivity contribution in [1.82, 2.24) is 14.9 Å². The molecule has 1 fully saturated rings. The second-order valence-electron chi connectivity index (χ2n) is 4.81. The van der Waals surface area contributed by atoms with Crippen molar-refractivity contribution < 1.29 is 9.13 Å². The third-order valence-electron chi connectivity index (χ3n) is 3.00. The average Bonchev–Trinajstić information content (AvgIpc) is 2.29. The number of ether oxygens (including phenoxy) is 1. The zero-order chi connectivity index (χ0) is 12.3. The van der Waals surface area contributed by atoms with E-state index in [1.54, 1.807) is 19.3 Å². The summed E-state index contributed by atoms with van der Waals surface area (Å²) in [6.45, 7) is 3.79. The van der Waals surface area contributed by atoms with Crippen LogP contribution in [0.4, 0.5) is 4.39 Å². The summed E-state index contributed by atoms with van der Waals surface area (Å²) in [6, 6.07) is 0.364. The van der Waals surface area contributed by atoms with Crippen LogP contribution in [0, 0.1) is 0 Å². The molecule has 0 radical (unpaired) electrons. The quantitative estimate of drug-likeness (QED) is 0.806. The highest BCUT2D eigenvalue weighted by Gasteiger charge is 2.30. The summed E-state index contributed by atoms with van der Waals surface area (Å²) in [7, 11) is 1.54. The Bertz CT molecular complexity index is 367. The maximum absolute atomic E-state index is 13.8. The Balaban J connectivity index is 1.95. The number of likely N-dealkylation sites (tertiary alicyclic amines) is 1. The summed E-state index contributed by atoms with van der Waals surface area (Å²) < 4.78 is 18.7. The number of aromatic nitrogens is 2. The predicted molar refractivity (Wildman–Crippen MR) is 62.6 cm³/mol. The molecule has 1 aromatic rings. The van der Waals surface area contributed by atoms with Crippen molar-refractivity contribution in [3.05, 3.63) is 18.0 Å². The van der Waals surface area contributed by atoms with E-state index in [-0.39, 0.29) is 0 Å². The van der Waals surface area contributed by atoms with Gasteiger partial charge in [-0.15, -0.1) is 0 Å². The van der Waals surface area contributed by atoms with Crippen molar-refractivity contribution in [1.29, 1.82) is 0 Å². The molecule has 1 saturated heterocycles. The predicted octanol–water partition coefficient (Wildman–Crippen LogP) is 1.81. The maximum Gasteiger partial charge on any atom is 0.316 e. The first kappa shape index (κ1) is 12.2. The molecule has 1 atom stereocenters. The summed E-state index contributed by atoms with van der Waals surface area (Å²) >= 11 is 0. The molecule has 0 saturated carbocycles. The van der Waals surface area contributed by atoms with Gasteiger partial charge in [-0.1, -0.05) is 0 Å². The van der Waals surface area contributed by atoms with E-state index in [0.717, 1.165) is 18.5 Å². The molecule has 1 aromatic heterocycles. The van der Waals surface area contributed by atoms with Gasteiger partial charge in [-0.25, -0.2) is 14.4 Å². The van der Waals surface area contributed by atoms with E-state index in [4.69, 9.17) is 4.74 Å². The number of hydrogen-bond donors (Lipinski definition) is 0. The van der Waals surface area contributed by atoms with Crippen molar-refractivity contribution in [3.8, 4) is 6.01 Å². The third kappa shape index (κ3) is 3.36. The largest absolute Gasteiger partial charge is 0.467 e. The SMILES string of the molecule is COc1ncc(CN2CCCC(C)(F)C2)cn1. The lowest BCUT2D eigenvalue weighted by Crippen LogP contribution is -2.42. The van der Waals surface area contributed by atoms with Crippen molar-refractivity contribution in [2.75, 3.05) is 20.2 Å². The Morgan fingerprint density at radius 2 is 2.18 bits per heavy atom. The van der Waals surface area contributed by atoms with Gasteiger partial charge in [0.1, 0.15) is 5.67 Å². The standard InChI is InChI=1S/C12H18FN3O/c1-12(13)4-3-5-16(9-12)8-10-6-14-11(17-2)15-7-10/h6-7H,3-5,8-9H2,1-2H3. The van der Waals surface area contributed by atoms with Crippen molar-refractivity contribution in [2.24, 2.45) is 0 Å². The van der Waals surface area contributed by atoms with E-state index >= 15 is 0 Å². The Labute approximate surface area is 101 Å². The van der Waals surface area contributed by atoms with Crippen molar-refractivity contribution in [2.45, 2.75) is 32.0 Å². The Kier molecular flexibility index (Phi) is 3.57. The van der Waals surface area contributed by atoms with Gasteiger partial charge in [-0.3, -0.25) is 4.90 Å². The van der Waals surface area contributed by atoms with Gasteiger partial charge in [0.2, 0.25) is 0 Å². The molecule has 0 N–H and O–H groups in total. The fraction of sp³-hybridized carbons (Fsp3) is 0.667. The average molecular weight is 239 g/mol. The molecule has 0 amide bonds. The highest BCUT2D eigenvalue weighted by atomic mass is 19.1. The van der Waals surface area contributed by atoms with Crippen LogP contribution in [0.2, 0.25) is 0 Å². The number of rotatable bonds is 3. The molecular formula is C12H18FN3O. The molecule has 1 aliphatic heterocycles. The molecule has 0 bridgehead atoms. The van der Waals surface area contributed by atoms with Gasteiger partial charge in [0.25, 0.3) is 0 Å². The lowest BCUT2D eigenvalue weighted by Gasteiger charge is -2.34. The molecule has 94 valence electrons. The normalized spacial score (nSPS) is 25.8. The highest BCUT2D eigenvalue weighted by Crippen LogP contribution is 2.25. The summed E-state index contributed by atoms with van der Waals surface area (Å²) in [5.41, 5.74) is -0.0746. The highest BCUT2D eigenvalue weighted by molar-refractivity contribution is 5.07. The lowest BCUT2D eigenvalue weighted by molar-refractivity contribution is 0.0562. The zero-order valence-corrected chi connectivity index (χ0v) is 10.3. The summed E-state index contributed by atoms with van der Waals surface area (Å²) in [5, 5.41) is 0. The van der Waals surface area contributed by atoms with Gasteiger partial charge in [-0.05, 0) is 26.3 Å². The van der Waals surface area contributed by atoms with E-state index in [0.29, 0.717) is 25.5 Å². The monoisotopic (exact) mass is 239 g/mol. The van der Waals surface area contributed by atoms with E-state index in [2.05, 4.69) is 14.9 Å². The maximum atomic E-state index is 13.8. The third-order valence-corrected chi connectivity index (χ3v) is 3.00. The summed E-state index contributed by atoms with van der Waals surface area (Å²) in [5.74, 6) is 0. The molecule has 0 aromatic carbocycles. The van der Waals surface area contributed by atoms with E-state index < -0.39 is 5.67 Å². The molecule has 0 aliphatic carbocycles. The molecule has 17 heavy (non-hydrogen) atoms. The van der Waals surface area contributed by atoms with Crippen LogP contribution in [-0.2, 0) is 6.54 Å². The van der Waals surface area contributed by atoms with Crippen molar-refractivity contribution in [3.63, 3.8) is 0 Å². The fourth-order valence-corrected chi connectivity index (χ4v) is 2.22. The van der Waals surface area contributed by atoms with E-state index in [9.17, 15) is 4.39 Å². The topological polar surface area (TPSA) is 38.2 Å². The van der Waals surface area contributed by atoms with Gasteiger partial charge in [0.15, 0.2) is 0 Å². The second-order valence-corrected chi connectivity index (χ2v) is 4.81. The minimum atomic E-state index is -1.06. The summed E-state index contributed by atoms with van der Waals surface area (Å²) in [6.07, 6.45) is 5.03. The first-order chi connectivity index (χ1) is 8.09. The minimum Gasteiger partial charge on any atom is -0.467 e. The molecule has 1 aliphatic rings. The van der Waals surface area contributed by atoms with E-state index in [1.165, 1.54) is 7.11 Å². The van der Waals surface area contributed by atoms with Gasteiger partial charge < -0.3 is 4.74 Å². The molecule has 4 nitrogen and oxygen atoms in total. The molecular weight excluding hydrogens is 221 g/mol. The Hall–Kier alpha value is -1.23. The number of alkyl halides is 1. The van der Waals surface area contributed by atoms with Crippen LogP contribution in [0.1, 0.15) is 25.3 Å². The van der Waals surface area contributed by atoms with Crippen LogP contribution in [-0.4, -0.2) is 40.7 Å². The van der Waals surface area contributed by atoms with Crippen molar-refractivity contribution >= 4 is 0 Å². The Morgan fingerprint density at radius 1 is 1.47 bits per heavy atom. The van der Waals surface area contributed by atoms with Crippen LogP contribution < -0.4 is 4.74 Å². The van der Waals surface area contributed by atoms with Crippen LogP contribution >= 0.6 is 0 Å². The zero-order valence-electron chi connectivity index (χ0n) is 10.3. The lowest BCUT2D eigenvalue weighted by atomic mass is 9.97. The van der Waals surface area contributed by atoms with Gasteiger partial charge >= 0.3 is 6.01 Å². The number of methoxy groups -OCH3 is 1. The molecule has 1 unspecified atom stereocenters. The van der Waals surface area contributed by atoms with Crippen LogP contribution in [0.5, 0.6) is 6.01 Å². The molecule has 5 heteroatoms. The van der Waals surface area contributed by atoms with Gasteiger partial charge in [-0.2, -0.15) is 0 Å². The molecule has 2 heterocycles. The second kappa shape index (κ2) is 4.96. The molecule has 2 rings (SSSR count). The number of halogens is 1. The van der Waals surface area contributed by atoms with Crippen LogP contribution in [0.25, 0.3) is 0 Å². The van der Waals surface area contributed by atoms with Crippen LogP contribution in [0.15, 0.2) is 12.4 Å². The van der Waals surface area contributed by atoms with Gasteiger partial charge in [0, 0.05) is 31.0 Å². The summed E-state index contributed by atoms with van der Waals surface area (Å²) in [4.78, 5) is 10.2. The number of piperidine rings is 1. The Morgan fingerprint density at radius 3 is 2.76 bits per heavy atom. The first-order valence-corrected chi connectivity index (χ1v) is 5.85. The number of hydrogen-bond acceptors (Lipinski definition) is 4. The first-order valence-electron chi connectivity index (χ1n) is 5.85. The van der Waals surface area contributed by atoms with Crippen LogP contribution in [0.3, 0.4) is 0 Å². The van der Waals surface area contributed by atoms with Gasteiger partial charge in [0.05, 0.1) is 7.11 Å². The fourth-order valence-electron chi connectivity index (χ4n) is 2.22. The smallest absolute Gasteiger partial charge is 0.316 e. The van der Waals surface area contributed by atoms with E-state index in [1.807, 2.05) is 0 Å². The number of nitrogens with zero attached hydrogens (tertiary/aromatic N) is 3. The minimum absolute atomic E-state index is 0.364.